The van der Waals surface area contributed by atoms with E-state index in [9.17, 15) is 4.39 Å². The van der Waals surface area contributed by atoms with Gasteiger partial charge in [-0.25, -0.2) is 4.39 Å². The molecular weight excluding hydrogens is 396 g/mol. The van der Waals surface area contributed by atoms with Crippen molar-refractivity contribution in [3.05, 3.63) is 35.6 Å². The van der Waals surface area contributed by atoms with Crippen molar-refractivity contribution in [2.75, 3.05) is 27.2 Å². The molecule has 1 rings (SSSR count). The van der Waals surface area contributed by atoms with Crippen LogP contribution in [0.4, 0.5) is 4.39 Å². The normalized spacial score (nSPS) is 12.7. The lowest BCUT2D eigenvalue weighted by atomic mass is 10.1. The molecule has 0 aliphatic rings. The van der Waals surface area contributed by atoms with E-state index in [0.29, 0.717) is 12.5 Å². The van der Waals surface area contributed by atoms with Gasteiger partial charge in [-0.1, -0.05) is 26.0 Å². The molecule has 1 unspecified atom stereocenters. The Morgan fingerprint density at radius 1 is 1.23 bits per heavy atom. The Morgan fingerprint density at radius 2 is 1.86 bits per heavy atom. The van der Waals surface area contributed by atoms with Crippen LogP contribution in [0.5, 0.6) is 0 Å². The van der Waals surface area contributed by atoms with Crippen LogP contribution in [0, 0.1) is 11.7 Å². The lowest BCUT2D eigenvalue weighted by molar-refractivity contribution is 0.106. The summed E-state index contributed by atoms with van der Waals surface area (Å²) in [6, 6.07) is 6.36. The Bertz CT molecular complexity index is 438. The van der Waals surface area contributed by atoms with E-state index in [2.05, 4.69) is 29.5 Å². The van der Waals surface area contributed by atoms with Crippen molar-refractivity contribution in [3.8, 4) is 0 Å². The highest BCUT2D eigenvalue weighted by atomic mass is 127. The summed E-state index contributed by atoms with van der Waals surface area (Å²) in [4.78, 5) is 4.18. The summed E-state index contributed by atoms with van der Waals surface area (Å²) in [5.41, 5.74) is 0.934. The molecule has 0 radical (unpaired) electrons. The Kier molecular flexibility index (Phi) is 11.2. The SMILES string of the molecule is CN=C(NCCC(C)C)NCC(OC)c1ccc(F)cc1.I. The Morgan fingerprint density at radius 3 is 2.36 bits per heavy atom. The predicted molar refractivity (Wildman–Crippen MR) is 100 cm³/mol. The molecule has 0 spiro atoms. The standard InChI is InChI=1S/C16H26FN3O.HI/c1-12(2)9-10-19-16(18-3)20-11-15(21-4)13-5-7-14(17)8-6-13;/h5-8,12,15H,9-11H2,1-4H3,(H2,18,19,20);1H. The van der Waals surface area contributed by atoms with Gasteiger partial charge in [-0.2, -0.15) is 0 Å². The van der Waals surface area contributed by atoms with Gasteiger partial charge in [0.05, 0.1) is 6.10 Å². The maximum absolute atomic E-state index is 12.9. The predicted octanol–water partition coefficient (Wildman–Crippen LogP) is 3.34. The summed E-state index contributed by atoms with van der Waals surface area (Å²) in [6.07, 6.45) is 0.945. The minimum atomic E-state index is -0.243. The quantitative estimate of drug-likeness (QED) is 0.402. The Balaban J connectivity index is 0.00000441. The first-order valence-electron chi connectivity index (χ1n) is 7.29. The van der Waals surface area contributed by atoms with Crippen LogP contribution in [-0.2, 0) is 4.74 Å². The first kappa shape index (κ1) is 21.1. The molecule has 0 bridgehead atoms. The van der Waals surface area contributed by atoms with E-state index in [1.165, 1.54) is 12.1 Å². The van der Waals surface area contributed by atoms with E-state index in [1.54, 1.807) is 26.3 Å². The molecule has 1 atom stereocenters. The van der Waals surface area contributed by atoms with Gasteiger partial charge in [-0.15, -0.1) is 24.0 Å². The number of guanidine groups is 1. The zero-order chi connectivity index (χ0) is 15.7. The average Bonchev–Trinajstić information content (AvgIpc) is 2.47. The summed E-state index contributed by atoms with van der Waals surface area (Å²) in [5, 5.41) is 6.49. The minimum Gasteiger partial charge on any atom is -0.375 e. The maximum Gasteiger partial charge on any atom is 0.191 e. The highest BCUT2D eigenvalue weighted by Gasteiger charge is 2.11. The van der Waals surface area contributed by atoms with Gasteiger partial charge in [0.2, 0.25) is 0 Å². The third-order valence-electron chi connectivity index (χ3n) is 3.22. The number of benzene rings is 1. The topological polar surface area (TPSA) is 45.7 Å². The molecule has 126 valence electrons. The van der Waals surface area contributed by atoms with Gasteiger partial charge < -0.3 is 15.4 Å². The number of ether oxygens (including phenoxy) is 1. The molecule has 0 aromatic heterocycles. The number of nitrogens with zero attached hydrogens (tertiary/aromatic N) is 1. The fourth-order valence-electron chi connectivity index (χ4n) is 1.90. The zero-order valence-corrected chi connectivity index (χ0v) is 16.1. The molecule has 0 aliphatic carbocycles. The van der Waals surface area contributed by atoms with E-state index in [0.717, 1.165) is 24.5 Å². The van der Waals surface area contributed by atoms with Gasteiger partial charge in [0.25, 0.3) is 0 Å². The van der Waals surface area contributed by atoms with Gasteiger partial charge in [0, 0.05) is 27.2 Å². The van der Waals surface area contributed by atoms with Crippen LogP contribution in [0.3, 0.4) is 0 Å². The monoisotopic (exact) mass is 423 g/mol. The van der Waals surface area contributed by atoms with E-state index < -0.39 is 0 Å². The van der Waals surface area contributed by atoms with Crippen molar-refractivity contribution in [2.24, 2.45) is 10.9 Å². The second-order valence-electron chi connectivity index (χ2n) is 5.34. The first-order chi connectivity index (χ1) is 10.1. The number of aliphatic imine (C=N–C) groups is 1. The summed E-state index contributed by atoms with van der Waals surface area (Å²) < 4.78 is 18.4. The summed E-state index contributed by atoms with van der Waals surface area (Å²) >= 11 is 0. The molecule has 0 amide bonds. The van der Waals surface area contributed by atoms with Crippen molar-refractivity contribution in [1.82, 2.24) is 10.6 Å². The van der Waals surface area contributed by atoms with Gasteiger partial charge in [-0.05, 0) is 30.0 Å². The number of hydrogen-bond acceptors (Lipinski definition) is 2. The number of hydrogen-bond donors (Lipinski definition) is 2. The minimum absolute atomic E-state index is 0. The molecule has 2 N–H and O–H groups in total. The maximum atomic E-state index is 12.9. The van der Waals surface area contributed by atoms with Crippen molar-refractivity contribution >= 4 is 29.9 Å². The third-order valence-corrected chi connectivity index (χ3v) is 3.22. The van der Waals surface area contributed by atoms with E-state index in [1.807, 2.05) is 0 Å². The number of nitrogens with one attached hydrogen (secondary N) is 2. The zero-order valence-electron chi connectivity index (χ0n) is 13.7. The molecule has 0 heterocycles. The molecule has 22 heavy (non-hydrogen) atoms. The van der Waals surface area contributed by atoms with Crippen LogP contribution < -0.4 is 10.6 Å². The van der Waals surface area contributed by atoms with Crippen LogP contribution in [0.1, 0.15) is 31.9 Å². The highest BCUT2D eigenvalue weighted by Crippen LogP contribution is 2.15. The molecule has 1 aromatic rings. The fraction of sp³-hybridized carbons (Fsp3) is 0.562. The van der Waals surface area contributed by atoms with Gasteiger partial charge >= 0.3 is 0 Å². The molecule has 1 aromatic carbocycles. The van der Waals surface area contributed by atoms with Crippen LogP contribution >= 0.6 is 24.0 Å². The van der Waals surface area contributed by atoms with Gasteiger partial charge in [-0.3, -0.25) is 4.99 Å². The van der Waals surface area contributed by atoms with Crippen molar-refractivity contribution in [3.63, 3.8) is 0 Å². The average molecular weight is 423 g/mol. The molecule has 4 nitrogen and oxygen atoms in total. The van der Waals surface area contributed by atoms with Crippen LogP contribution in [0.15, 0.2) is 29.3 Å². The summed E-state index contributed by atoms with van der Waals surface area (Å²) in [5.74, 6) is 1.16. The number of halogens is 2. The second kappa shape index (κ2) is 11.6. The Labute approximate surface area is 149 Å². The molecular formula is C16H27FIN3O. The second-order valence-corrected chi connectivity index (χ2v) is 5.34. The van der Waals surface area contributed by atoms with Crippen molar-refractivity contribution in [1.29, 1.82) is 0 Å². The summed E-state index contributed by atoms with van der Waals surface area (Å²) in [6.45, 7) is 5.83. The largest absolute Gasteiger partial charge is 0.375 e. The van der Waals surface area contributed by atoms with E-state index >= 15 is 0 Å². The third kappa shape index (κ3) is 7.93. The lowest BCUT2D eigenvalue weighted by Crippen LogP contribution is -2.40. The highest BCUT2D eigenvalue weighted by molar-refractivity contribution is 14.0. The molecule has 0 saturated carbocycles. The van der Waals surface area contributed by atoms with E-state index in [4.69, 9.17) is 4.74 Å². The molecule has 0 aliphatic heterocycles. The van der Waals surface area contributed by atoms with Crippen LogP contribution in [0.2, 0.25) is 0 Å². The number of rotatable bonds is 7. The summed E-state index contributed by atoms with van der Waals surface area (Å²) in [7, 11) is 3.38. The van der Waals surface area contributed by atoms with Crippen LogP contribution in [-0.4, -0.2) is 33.2 Å². The number of methoxy groups -OCH3 is 1. The van der Waals surface area contributed by atoms with Crippen molar-refractivity contribution < 1.29 is 9.13 Å². The molecule has 0 fully saturated rings. The van der Waals surface area contributed by atoms with Gasteiger partial charge in [0.15, 0.2) is 5.96 Å². The van der Waals surface area contributed by atoms with Gasteiger partial charge in [0.1, 0.15) is 5.82 Å². The smallest absolute Gasteiger partial charge is 0.191 e. The van der Waals surface area contributed by atoms with E-state index in [-0.39, 0.29) is 35.9 Å². The van der Waals surface area contributed by atoms with Crippen molar-refractivity contribution in [2.45, 2.75) is 26.4 Å². The lowest BCUT2D eigenvalue weighted by Gasteiger charge is -2.19. The Hall–Kier alpha value is -0.890. The first-order valence-corrected chi connectivity index (χ1v) is 7.29. The molecule has 6 heteroatoms. The fourth-order valence-corrected chi connectivity index (χ4v) is 1.90. The molecule has 0 saturated heterocycles. The van der Waals surface area contributed by atoms with Crippen LogP contribution in [0.25, 0.3) is 0 Å².